The van der Waals surface area contributed by atoms with Crippen LogP contribution in [0.2, 0.25) is 0 Å². The van der Waals surface area contributed by atoms with Crippen LogP contribution in [0.4, 0.5) is 11.4 Å². The lowest BCUT2D eigenvalue weighted by Gasteiger charge is -2.35. The molecule has 17 heteroatoms. The number of benzene rings is 1. The highest BCUT2D eigenvalue weighted by atomic mass is 32.2. The van der Waals surface area contributed by atoms with Crippen molar-refractivity contribution in [1.29, 1.82) is 0 Å². The lowest BCUT2D eigenvalue weighted by atomic mass is 10.1. The third-order valence-electron chi connectivity index (χ3n) is 5.58. The first-order valence-electron chi connectivity index (χ1n) is 10.9. The van der Waals surface area contributed by atoms with E-state index >= 15 is 0 Å². The molecular formula is C19H32N4O10S3. The average Bonchev–Trinajstić information content (AvgIpc) is 2.76. The highest BCUT2D eigenvalue weighted by Gasteiger charge is 2.34. The number of nitro benzene ring substituents is 1. The average molecular weight is 573 g/mol. The molecule has 2 rings (SSSR count). The number of hydrogen-bond acceptors (Lipinski definition) is 12. The van der Waals surface area contributed by atoms with E-state index in [0.717, 1.165) is 24.6 Å². The van der Waals surface area contributed by atoms with Gasteiger partial charge in [-0.1, -0.05) is 0 Å². The molecule has 1 heterocycles. The van der Waals surface area contributed by atoms with Gasteiger partial charge in [0.25, 0.3) is 25.9 Å². The molecule has 0 aliphatic carbocycles. The van der Waals surface area contributed by atoms with Gasteiger partial charge in [-0.05, 0) is 33.0 Å². The van der Waals surface area contributed by atoms with Crippen LogP contribution in [0, 0.1) is 10.1 Å². The Morgan fingerprint density at radius 1 is 0.972 bits per heavy atom. The molecule has 0 atom stereocenters. The number of non-ortho nitro benzene ring substituents is 1. The molecule has 1 fully saturated rings. The minimum absolute atomic E-state index is 0.0320. The van der Waals surface area contributed by atoms with Crippen LogP contribution < -0.4 is 4.90 Å². The van der Waals surface area contributed by atoms with Crippen LogP contribution in [0.15, 0.2) is 23.1 Å². The second-order valence-corrected chi connectivity index (χ2v) is 13.7. The van der Waals surface area contributed by atoms with Crippen molar-refractivity contribution in [3.8, 4) is 0 Å². The van der Waals surface area contributed by atoms with E-state index in [1.807, 2.05) is 19.0 Å². The van der Waals surface area contributed by atoms with E-state index in [9.17, 15) is 35.4 Å². The van der Waals surface area contributed by atoms with Crippen molar-refractivity contribution in [2.24, 2.45) is 0 Å². The number of hydrogen-bond donors (Lipinski definition) is 0. The van der Waals surface area contributed by atoms with Gasteiger partial charge in [0.15, 0.2) is 0 Å². The largest absolute Gasteiger partial charge is 0.366 e. The normalized spacial score (nSPS) is 16.4. The fourth-order valence-electron chi connectivity index (χ4n) is 3.77. The first-order valence-corrected chi connectivity index (χ1v) is 16.0. The number of anilines is 1. The first kappa shape index (κ1) is 30.3. The summed E-state index contributed by atoms with van der Waals surface area (Å²) in [6.07, 6.45) is 2.85. The summed E-state index contributed by atoms with van der Waals surface area (Å²) in [5, 5.41) is 11.4. The van der Waals surface area contributed by atoms with Gasteiger partial charge in [0.2, 0.25) is 10.0 Å². The van der Waals surface area contributed by atoms with Crippen LogP contribution in [0.3, 0.4) is 0 Å². The Morgan fingerprint density at radius 2 is 1.47 bits per heavy atom. The molecular weight excluding hydrogens is 540 g/mol. The molecule has 0 unspecified atom stereocenters. The molecule has 0 amide bonds. The standard InChI is InChI=1S/C19H32N4O10S3/c1-20(2)16-7-9-22(10-8-16)36(30,31)19-15-17(23(24)25)5-6-18(19)21(11-13-32-34(3,26)27)12-14-33-35(4,28)29/h5-6,15-16H,7-14H2,1-4H3. The van der Waals surface area contributed by atoms with E-state index in [1.54, 1.807) is 0 Å². The van der Waals surface area contributed by atoms with Crippen molar-refractivity contribution in [3.63, 3.8) is 0 Å². The van der Waals surface area contributed by atoms with Gasteiger partial charge in [-0.2, -0.15) is 21.1 Å². The molecule has 0 saturated carbocycles. The van der Waals surface area contributed by atoms with Gasteiger partial charge in [-0.15, -0.1) is 0 Å². The molecule has 0 aromatic heterocycles. The summed E-state index contributed by atoms with van der Waals surface area (Å²) in [5.74, 6) is 0. The van der Waals surface area contributed by atoms with Gasteiger partial charge in [-0.25, -0.2) is 8.42 Å². The van der Waals surface area contributed by atoms with E-state index in [2.05, 4.69) is 0 Å². The zero-order valence-corrected chi connectivity index (χ0v) is 23.0. The van der Waals surface area contributed by atoms with Gasteiger partial charge in [-0.3, -0.25) is 18.5 Å². The van der Waals surface area contributed by atoms with E-state index in [4.69, 9.17) is 8.37 Å². The van der Waals surface area contributed by atoms with E-state index in [0.29, 0.717) is 12.8 Å². The molecule has 0 N–H and O–H groups in total. The number of piperidine rings is 1. The molecule has 1 aromatic carbocycles. The quantitative estimate of drug-likeness (QED) is 0.177. The number of sulfonamides is 1. The molecule has 206 valence electrons. The third-order valence-corrected chi connectivity index (χ3v) is 8.70. The van der Waals surface area contributed by atoms with Crippen molar-refractivity contribution in [2.75, 3.05) is 70.9 Å². The Labute approximate surface area is 212 Å². The molecule has 0 spiro atoms. The van der Waals surface area contributed by atoms with Crippen molar-refractivity contribution < 1.29 is 38.5 Å². The first-order chi connectivity index (χ1) is 16.5. The van der Waals surface area contributed by atoms with E-state index in [1.165, 1.54) is 15.3 Å². The molecule has 0 radical (unpaired) electrons. The van der Waals surface area contributed by atoms with Crippen molar-refractivity contribution >= 4 is 41.6 Å². The number of nitrogens with zero attached hydrogens (tertiary/aromatic N) is 4. The van der Waals surface area contributed by atoms with E-state index < -0.39 is 40.9 Å². The summed E-state index contributed by atoms with van der Waals surface area (Å²) >= 11 is 0. The second kappa shape index (κ2) is 12.1. The SMILES string of the molecule is CN(C)C1CCN(S(=O)(=O)c2cc([N+](=O)[O-])ccc2N(CCOS(C)(=O)=O)CCOS(C)(=O)=O)CC1. The summed E-state index contributed by atoms with van der Waals surface area (Å²) in [6, 6.07) is 3.50. The van der Waals surface area contributed by atoms with Crippen molar-refractivity contribution in [3.05, 3.63) is 28.3 Å². The zero-order valence-electron chi connectivity index (χ0n) is 20.6. The van der Waals surface area contributed by atoms with Gasteiger partial charge in [0.1, 0.15) is 4.90 Å². The summed E-state index contributed by atoms with van der Waals surface area (Å²) in [4.78, 5) is 13.7. The summed E-state index contributed by atoms with van der Waals surface area (Å²) in [6.45, 7) is -0.652. The summed E-state index contributed by atoms with van der Waals surface area (Å²) < 4.78 is 83.6. The van der Waals surface area contributed by atoms with Crippen molar-refractivity contribution in [2.45, 2.75) is 23.8 Å². The molecule has 1 aliphatic rings. The fraction of sp³-hybridized carbons (Fsp3) is 0.684. The molecule has 1 aliphatic heterocycles. The van der Waals surface area contributed by atoms with Crippen LogP contribution >= 0.6 is 0 Å². The lowest BCUT2D eigenvalue weighted by molar-refractivity contribution is -0.385. The molecule has 14 nitrogen and oxygen atoms in total. The van der Waals surface area contributed by atoms with Crippen LogP contribution in [0.1, 0.15) is 12.8 Å². The highest BCUT2D eigenvalue weighted by molar-refractivity contribution is 7.89. The van der Waals surface area contributed by atoms with Crippen LogP contribution in [-0.4, -0.2) is 111 Å². The maximum atomic E-state index is 13.6. The maximum absolute atomic E-state index is 13.6. The minimum atomic E-state index is -4.20. The predicted octanol–water partition coefficient (Wildman–Crippen LogP) is 0.0683. The number of rotatable bonds is 13. The maximum Gasteiger partial charge on any atom is 0.270 e. The Hall–Kier alpha value is -1.89. The van der Waals surface area contributed by atoms with Crippen LogP contribution in [0.25, 0.3) is 0 Å². The smallest absolute Gasteiger partial charge is 0.270 e. The lowest BCUT2D eigenvalue weighted by Crippen LogP contribution is -2.44. The Balaban J connectivity index is 2.47. The van der Waals surface area contributed by atoms with Gasteiger partial charge >= 0.3 is 0 Å². The highest BCUT2D eigenvalue weighted by Crippen LogP contribution is 2.33. The van der Waals surface area contributed by atoms with Gasteiger partial charge in [0.05, 0.1) is 36.3 Å². The Kier molecular flexibility index (Phi) is 10.2. The van der Waals surface area contributed by atoms with Crippen LogP contribution in [0.5, 0.6) is 0 Å². The second-order valence-electron chi connectivity index (χ2n) is 8.55. The Bertz CT molecular complexity index is 1200. The van der Waals surface area contributed by atoms with E-state index in [-0.39, 0.29) is 56.0 Å². The molecule has 36 heavy (non-hydrogen) atoms. The predicted molar refractivity (Wildman–Crippen MR) is 132 cm³/mol. The Morgan fingerprint density at radius 3 is 1.89 bits per heavy atom. The topological polar surface area (TPSA) is 174 Å². The monoisotopic (exact) mass is 572 g/mol. The molecule has 0 bridgehead atoms. The summed E-state index contributed by atoms with van der Waals surface area (Å²) in [5.41, 5.74) is -0.412. The van der Waals surface area contributed by atoms with Crippen LogP contribution in [-0.2, 0) is 38.6 Å². The van der Waals surface area contributed by atoms with Gasteiger partial charge < -0.3 is 9.80 Å². The van der Waals surface area contributed by atoms with Gasteiger partial charge in [0, 0.05) is 44.4 Å². The number of nitro groups is 1. The zero-order chi connectivity index (χ0) is 27.3. The summed E-state index contributed by atoms with van der Waals surface area (Å²) in [7, 11) is -8.00. The fourth-order valence-corrected chi connectivity index (χ4v) is 6.23. The van der Waals surface area contributed by atoms with Crippen molar-refractivity contribution in [1.82, 2.24) is 9.21 Å². The molecule has 1 aromatic rings. The molecule has 1 saturated heterocycles. The minimum Gasteiger partial charge on any atom is -0.366 e. The third kappa shape index (κ3) is 8.89.